The van der Waals surface area contributed by atoms with Crippen molar-refractivity contribution in [1.29, 1.82) is 0 Å². The minimum Gasteiger partial charge on any atom is -0.384 e. The molecule has 4 nitrogen and oxygen atoms in total. The van der Waals surface area contributed by atoms with E-state index in [0.717, 1.165) is 44.3 Å². The number of rotatable bonds is 7. The summed E-state index contributed by atoms with van der Waals surface area (Å²) in [4.78, 5) is 12.6. The van der Waals surface area contributed by atoms with Crippen molar-refractivity contribution in [3.05, 3.63) is 33.8 Å². The zero-order chi connectivity index (χ0) is 16.7. The van der Waals surface area contributed by atoms with Gasteiger partial charge in [0.05, 0.1) is 12.0 Å². The Morgan fingerprint density at radius 3 is 2.67 bits per heavy atom. The lowest BCUT2D eigenvalue weighted by Crippen LogP contribution is -2.50. The second-order valence-corrected chi connectivity index (χ2v) is 6.90. The number of nitrogens with one attached hydrogen (secondary N) is 2. The number of amides is 1. The monoisotopic (exact) mass is 394 g/mol. The summed E-state index contributed by atoms with van der Waals surface area (Å²) in [5.41, 5.74) is 0.663. The molecule has 24 heavy (non-hydrogen) atoms. The van der Waals surface area contributed by atoms with E-state index in [2.05, 4.69) is 10.6 Å². The maximum atomic E-state index is 12.6. The van der Waals surface area contributed by atoms with E-state index in [0.29, 0.717) is 23.2 Å². The minimum absolute atomic E-state index is 0. The Morgan fingerprint density at radius 2 is 2.04 bits per heavy atom. The van der Waals surface area contributed by atoms with Crippen LogP contribution < -0.4 is 10.6 Å². The molecule has 0 aromatic heterocycles. The molecule has 0 spiro atoms. The lowest BCUT2D eigenvalue weighted by atomic mass is 9.78. The molecule has 1 fully saturated rings. The average molecular weight is 396 g/mol. The topological polar surface area (TPSA) is 50.4 Å². The highest BCUT2D eigenvalue weighted by atomic mass is 35.5. The van der Waals surface area contributed by atoms with E-state index >= 15 is 0 Å². The number of hydrogen-bond donors (Lipinski definition) is 2. The molecule has 0 atom stereocenters. The fourth-order valence-corrected chi connectivity index (χ4v) is 3.51. The van der Waals surface area contributed by atoms with Crippen LogP contribution in [0.5, 0.6) is 0 Å². The second kappa shape index (κ2) is 10.5. The van der Waals surface area contributed by atoms with Gasteiger partial charge in [0.15, 0.2) is 0 Å². The molecule has 0 unspecified atom stereocenters. The molecule has 1 aromatic rings. The summed E-state index contributed by atoms with van der Waals surface area (Å²) in [6.07, 6.45) is 3.29. The molecule has 0 aliphatic carbocycles. The van der Waals surface area contributed by atoms with Gasteiger partial charge in [0.2, 0.25) is 5.91 Å². The van der Waals surface area contributed by atoms with Crippen LogP contribution in [0.15, 0.2) is 18.2 Å². The first kappa shape index (κ1) is 21.5. The van der Waals surface area contributed by atoms with Gasteiger partial charge >= 0.3 is 0 Å². The predicted octanol–water partition coefficient (Wildman–Crippen LogP) is 3.48. The van der Waals surface area contributed by atoms with E-state index in [4.69, 9.17) is 27.9 Å². The molecule has 1 aliphatic heterocycles. The summed E-state index contributed by atoms with van der Waals surface area (Å²) < 4.78 is 5.29. The van der Waals surface area contributed by atoms with E-state index < -0.39 is 5.41 Å². The Hall–Kier alpha value is -0.520. The molecule has 7 heteroatoms. The van der Waals surface area contributed by atoms with Gasteiger partial charge in [0, 0.05) is 23.7 Å². The predicted molar refractivity (Wildman–Crippen MR) is 101 cm³/mol. The van der Waals surface area contributed by atoms with E-state index in [9.17, 15) is 4.79 Å². The third-order valence-electron chi connectivity index (χ3n) is 4.39. The molecule has 2 rings (SSSR count). The number of benzene rings is 1. The lowest BCUT2D eigenvalue weighted by molar-refractivity contribution is -0.136. The van der Waals surface area contributed by atoms with Crippen LogP contribution >= 0.6 is 35.6 Å². The fourth-order valence-electron chi connectivity index (χ4n) is 3.01. The zero-order valence-corrected chi connectivity index (χ0v) is 16.2. The Balaban J connectivity index is 0.00000288. The first-order valence-corrected chi connectivity index (χ1v) is 8.75. The van der Waals surface area contributed by atoms with Gasteiger partial charge in [-0.1, -0.05) is 29.3 Å². The van der Waals surface area contributed by atoms with Gasteiger partial charge in [0.1, 0.15) is 0 Å². The van der Waals surface area contributed by atoms with Crippen LogP contribution in [-0.4, -0.2) is 39.3 Å². The smallest absolute Gasteiger partial charge is 0.228 e. The molecule has 0 radical (unpaired) electrons. The molecule has 1 aromatic carbocycles. The number of hydrogen-bond acceptors (Lipinski definition) is 3. The fraction of sp³-hybridized carbons (Fsp3) is 0.588. The van der Waals surface area contributed by atoms with Crippen molar-refractivity contribution in [3.8, 4) is 0 Å². The van der Waals surface area contributed by atoms with Crippen molar-refractivity contribution in [2.75, 3.05) is 33.4 Å². The van der Waals surface area contributed by atoms with Gasteiger partial charge in [-0.15, -0.1) is 12.4 Å². The highest BCUT2D eigenvalue weighted by Crippen LogP contribution is 2.29. The van der Waals surface area contributed by atoms with E-state index in [1.54, 1.807) is 13.2 Å². The molecular weight excluding hydrogens is 371 g/mol. The number of piperidine rings is 1. The van der Waals surface area contributed by atoms with E-state index in [1.165, 1.54) is 0 Å². The van der Waals surface area contributed by atoms with Crippen LogP contribution in [0.25, 0.3) is 0 Å². The van der Waals surface area contributed by atoms with Crippen LogP contribution in [0.1, 0.15) is 24.8 Å². The molecule has 1 heterocycles. The van der Waals surface area contributed by atoms with Gasteiger partial charge in [-0.2, -0.15) is 0 Å². The largest absolute Gasteiger partial charge is 0.384 e. The Morgan fingerprint density at radius 1 is 1.33 bits per heavy atom. The number of carbonyl (C=O) groups excluding carboxylic acids is 1. The van der Waals surface area contributed by atoms with Gasteiger partial charge < -0.3 is 15.4 Å². The summed E-state index contributed by atoms with van der Waals surface area (Å²) in [7, 11) is 1.65. The standard InChI is InChI=1S/C17H24Cl2N2O2.ClH/c1-23-12-17(6-9-20-10-7-17)16(22)21-8-2-3-13-4-5-14(18)11-15(13)19;/h4-5,11,20H,2-3,6-10,12H2,1H3,(H,21,22);1H. The minimum atomic E-state index is -0.391. The SMILES string of the molecule is COCC1(C(=O)NCCCc2ccc(Cl)cc2Cl)CCNCC1.Cl. The third kappa shape index (κ3) is 5.78. The van der Waals surface area contributed by atoms with Gasteiger partial charge in [0.25, 0.3) is 0 Å². The van der Waals surface area contributed by atoms with Gasteiger partial charge in [-0.25, -0.2) is 0 Å². The molecule has 1 amide bonds. The highest BCUT2D eigenvalue weighted by molar-refractivity contribution is 6.35. The average Bonchev–Trinajstić information content (AvgIpc) is 2.54. The molecule has 0 bridgehead atoms. The summed E-state index contributed by atoms with van der Waals surface area (Å²) >= 11 is 12.1. The molecule has 0 saturated carbocycles. The lowest BCUT2D eigenvalue weighted by Gasteiger charge is -2.35. The van der Waals surface area contributed by atoms with E-state index in [1.807, 2.05) is 12.1 Å². The number of methoxy groups -OCH3 is 1. The van der Waals surface area contributed by atoms with Gasteiger partial charge in [-0.05, 0) is 56.5 Å². The number of halogens is 3. The number of carbonyl (C=O) groups is 1. The first-order chi connectivity index (χ1) is 11.1. The molecule has 2 N–H and O–H groups in total. The van der Waals surface area contributed by atoms with Crippen LogP contribution in [0, 0.1) is 5.41 Å². The highest BCUT2D eigenvalue weighted by Gasteiger charge is 2.39. The molecule has 1 saturated heterocycles. The van der Waals surface area contributed by atoms with Crippen LogP contribution in [0.3, 0.4) is 0 Å². The van der Waals surface area contributed by atoms with Crippen molar-refractivity contribution < 1.29 is 9.53 Å². The summed E-state index contributed by atoms with van der Waals surface area (Å²) in [6.45, 7) is 2.83. The quantitative estimate of drug-likeness (QED) is 0.695. The van der Waals surface area contributed by atoms with Gasteiger partial charge in [-0.3, -0.25) is 4.79 Å². The summed E-state index contributed by atoms with van der Waals surface area (Å²) in [6, 6.07) is 5.52. The Bertz CT molecular complexity index is 529. The van der Waals surface area contributed by atoms with Crippen molar-refractivity contribution >= 4 is 41.5 Å². The Kier molecular flexibility index (Phi) is 9.39. The van der Waals surface area contributed by atoms with Crippen LogP contribution in [0.4, 0.5) is 0 Å². The van der Waals surface area contributed by atoms with Crippen molar-refractivity contribution in [2.24, 2.45) is 5.41 Å². The van der Waals surface area contributed by atoms with Crippen molar-refractivity contribution in [2.45, 2.75) is 25.7 Å². The third-order valence-corrected chi connectivity index (χ3v) is 4.97. The van der Waals surface area contributed by atoms with E-state index in [-0.39, 0.29) is 18.3 Å². The van der Waals surface area contributed by atoms with Crippen molar-refractivity contribution in [1.82, 2.24) is 10.6 Å². The van der Waals surface area contributed by atoms with Crippen LogP contribution in [-0.2, 0) is 16.0 Å². The first-order valence-electron chi connectivity index (χ1n) is 7.99. The zero-order valence-electron chi connectivity index (χ0n) is 13.9. The molecule has 136 valence electrons. The summed E-state index contributed by atoms with van der Waals surface area (Å²) in [5, 5.41) is 7.67. The van der Waals surface area contributed by atoms with Crippen molar-refractivity contribution in [3.63, 3.8) is 0 Å². The maximum Gasteiger partial charge on any atom is 0.228 e. The number of ether oxygens (including phenoxy) is 1. The second-order valence-electron chi connectivity index (χ2n) is 6.06. The maximum absolute atomic E-state index is 12.6. The molecular formula is C17H25Cl3N2O2. The summed E-state index contributed by atoms with van der Waals surface area (Å²) in [5.74, 6) is 0.100. The van der Waals surface area contributed by atoms with Crippen LogP contribution in [0.2, 0.25) is 10.0 Å². The molecule has 1 aliphatic rings. The normalized spacial score (nSPS) is 16.3. The Labute approximate surface area is 160 Å². The number of aryl methyl sites for hydroxylation is 1.